The Labute approximate surface area is 430 Å². The van der Waals surface area contributed by atoms with Crippen LogP contribution < -0.4 is 9.80 Å². The van der Waals surface area contributed by atoms with E-state index < -0.39 is 54.4 Å². The number of rotatable bonds is 12. The zero-order valence-electron chi connectivity index (χ0n) is 42.1. The standard InChI is InChI=1S/2C28H31F3N2O3S/c2*1-27(2,34)25-16-20(12-13-24(25)28(29,30)31)18-33-15-14-32(19-26(33)21-8-5-4-6-9-21)22-10-7-11-23(17-22)37(3,35)36/h2*4-13,16-17,26,34H,14-15,18-19H2,1-3H3/t2*26-/m10/s1. The molecule has 18 heteroatoms. The number of nitrogens with zero attached hydrogens (tertiary/aromatic N) is 4. The third-order valence-electron chi connectivity index (χ3n) is 13.4. The Morgan fingerprint density at radius 1 is 0.459 bits per heavy atom. The van der Waals surface area contributed by atoms with Crippen molar-refractivity contribution in [3.8, 4) is 0 Å². The number of halogens is 6. The summed E-state index contributed by atoms with van der Waals surface area (Å²) in [7, 11) is -6.70. The summed E-state index contributed by atoms with van der Waals surface area (Å²) in [5.41, 5.74) is -0.177. The monoisotopic (exact) mass is 1060 g/mol. The maximum absolute atomic E-state index is 13.6. The van der Waals surface area contributed by atoms with Gasteiger partial charge in [0.1, 0.15) is 0 Å². The normalized spacial score (nSPS) is 17.7. The second-order valence-electron chi connectivity index (χ2n) is 20.1. The number of piperazine rings is 2. The SMILES string of the molecule is CC(C)(O)c1cc(CN2CCN(c3cccc(S(C)(=O)=O)c3)C[C@@H]2c2ccccc2)ccc1C(F)(F)F.CC(C)(O)c1cc(CN2CCN(c3cccc(S(C)(=O)=O)c3)C[C@H]2c2ccccc2)ccc1C(F)(F)F. The molecule has 0 bridgehead atoms. The van der Waals surface area contributed by atoms with Gasteiger partial charge in [-0.1, -0.05) is 97.1 Å². The number of sulfone groups is 2. The third-order valence-corrected chi connectivity index (χ3v) is 15.7. The molecule has 0 saturated carbocycles. The fraction of sp³-hybridized carbons (Fsp3) is 0.357. The van der Waals surface area contributed by atoms with E-state index in [-0.39, 0.29) is 33.0 Å². The summed E-state index contributed by atoms with van der Waals surface area (Å²) >= 11 is 0. The highest BCUT2D eigenvalue weighted by molar-refractivity contribution is 7.91. The molecular formula is C56H62F6N4O6S2. The molecule has 6 aromatic carbocycles. The molecule has 0 aromatic heterocycles. The Kier molecular flexibility index (Phi) is 16.5. The lowest BCUT2D eigenvalue weighted by Gasteiger charge is -2.43. The highest BCUT2D eigenvalue weighted by atomic mass is 32.2. The Bertz CT molecular complexity index is 2920. The minimum atomic E-state index is -4.56. The molecule has 2 N–H and O–H groups in total. The zero-order chi connectivity index (χ0) is 54.0. The second-order valence-corrected chi connectivity index (χ2v) is 24.1. The van der Waals surface area contributed by atoms with Crippen molar-refractivity contribution in [2.75, 3.05) is 61.6 Å². The van der Waals surface area contributed by atoms with Gasteiger partial charge in [0.25, 0.3) is 0 Å². The van der Waals surface area contributed by atoms with Crippen molar-refractivity contribution in [1.29, 1.82) is 0 Å². The predicted molar refractivity (Wildman–Crippen MR) is 276 cm³/mol. The molecule has 0 aliphatic carbocycles. The molecular weight excluding hydrogens is 1000 g/mol. The van der Waals surface area contributed by atoms with Crippen LogP contribution in [0, 0.1) is 0 Å². The number of benzene rings is 6. The minimum absolute atomic E-state index is 0.0790. The quantitative estimate of drug-likeness (QED) is 0.115. The molecule has 0 unspecified atom stereocenters. The minimum Gasteiger partial charge on any atom is -0.386 e. The van der Waals surface area contributed by atoms with Gasteiger partial charge in [-0.25, -0.2) is 16.8 Å². The van der Waals surface area contributed by atoms with Crippen molar-refractivity contribution < 1.29 is 53.4 Å². The average Bonchev–Trinajstić information content (AvgIpc) is 3.33. The third kappa shape index (κ3) is 13.9. The van der Waals surface area contributed by atoms with E-state index in [1.54, 1.807) is 36.4 Å². The van der Waals surface area contributed by atoms with Crippen molar-refractivity contribution in [3.63, 3.8) is 0 Å². The molecule has 396 valence electrons. The molecule has 8 rings (SSSR count). The second kappa shape index (κ2) is 21.8. The maximum Gasteiger partial charge on any atom is 0.416 e. The maximum atomic E-state index is 13.6. The van der Waals surface area contributed by atoms with Crippen LogP contribution in [0.4, 0.5) is 37.7 Å². The highest BCUT2D eigenvalue weighted by Crippen LogP contribution is 2.40. The highest BCUT2D eigenvalue weighted by Gasteiger charge is 2.39. The lowest BCUT2D eigenvalue weighted by Crippen LogP contribution is -2.48. The molecule has 2 heterocycles. The smallest absolute Gasteiger partial charge is 0.386 e. The number of aliphatic hydroxyl groups is 2. The van der Waals surface area contributed by atoms with Gasteiger partial charge in [0.2, 0.25) is 0 Å². The van der Waals surface area contributed by atoms with Crippen LogP contribution in [0.15, 0.2) is 155 Å². The molecule has 0 radical (unpaired) electrons. The van der Waals surface area contributed by atoms with Gasteiger partial charge in [-0.15, -0.1) is 0 Å². The van der Waals surface area contributed by atoms with Gasteiger partial charge >= 0.3 is 12.4 Å². The predicted octanol–water partition coefficient (Wildman–Crippen LogP) is 10.8. The lowest BCUT2D eigenvalue weighted by atomic mass is 9.90. The first-order valence-electron chi connectivity index (χ1n) is 24.0. The summed E-state index contributed by atoms with van der Waals surface area (Å²) < 4.78 is 130. The number of alkyl halides is 6. The molecule has 2 aliphatic heterocycles. The van der Waals surface area contributed by atoms with Crippen LogP contribution in [-0.4, -0.2) is 88.6 Å². The van der Waals surface area contributed by atoms with Crippen molar-refractivity contribution >= 4 is 31.0 Å². The number of hydrogen-bond donors (Lipinski definition) is 2. The van der Waals surface area contributed by atoms with Crippen molar-refractivity contribution in [2.45, 2.75) is 86.2 Å². The van der Waals surface area contributed by atoms with Crippen molar-refractivity contribution in [2.24, 2.45) is 0 Å². The van der Waals surface area contributed by atoms with Gasteiger partial charge in [0.05, 0.1) is 44.2 Å². The summed E-state index contributed by atoms with van der Waals surface area (Å²) in [6.45, 7) is 9.86. The summed E-state index contributed by atoms with van der Waals surface area (Å²) in [6.07, 6.45) is -6.76. The first kappa shape index (κ1) is 56.0. The molecule has 74 heavy (non-hydrogen) atoms. The molecule has 2 fully saturated rings. The molecule has 0 spiro atoms. The topological polar surface area (TPSA) is 122 Å². The van der Waals surface area contributed by atoms with Crippen LogP contribution in [0.2, 0.25) is 0 Å². The lowest BCUT2D eigenvalue weighted by molar-refractivity contribution is -0.141. The average molecular weight is 1070 g/mol. The molecule has 10 nitrogen and oxygen atoms in total. The van der Waals surface area contributed by atoms with Crippen LogP contribution in [0.1, 0.15) is 84.3 Å². The van der Waals surface area contributed by atoms with E-state index in [1.165, 1.54) is 64.5 Å². The van der Waals surface area contributed by atoms with Gasteiger partial charge in [0, 0.05) is 76.2 Å². The van der Waals surface area contributed by atoms with Gasteiger partial charge < -0.3 is 20.0 Å². The summed E-state index contributed by atoms with van der Waals surface area (Å²) in [4.78, 5) is 9.21. The van der Waals surface area contributed by atoms with Gasteiger partial charge in [0.15, 0.2) is 19.7 Å². The van der Waals surface area contributed by atoms with E-state index in [1.807, 2.05) is 72.8 Å². The first-order valence-corrected chi connectivity index (χ1v) is 27.8. The zero-order valence-corrected chi connectivity index (χ0v) is 43.7. The largest absolute Gasteiger partial charge is 0.416 e. The Hall–Kier alpha value is -5.76. The van der Waals surface area contributed by atoms with E-state index in [9.17, 15) is 53.4 Å². The summed E-state index contributed by atoms with van der Waals surface area (Å²) in [6, 6.07) is 41.2. The van der Waals surface area contributed by atoms with Crippen LogP contribution in [-0.2, 0) is 56.3 Å². The van der Waals surface area contributed by atoms with E-state index in [4.69, 9.17) is 0 Å². The van der Waals surface area contributed by atoms with Gasteiger partial charge in [-0.05, 0) is 110 Å². The molecule has 2 aliphatic rings. The molecule has 2 atom stereocenters. The number of anilines is 2. The van der Waals surface area contributed by atoms with Gasteiger partial charge in [-0.3, -0.25) is 9.80 Å². The fourth-order valence-electron chi connectivity index (χ4n) is 9.65. The Balaban J connectivity index is 0.000000216. The first-order chi connectivity index (χ1) is 34.5. The van der Waals surface area contributed by atoms with E-state index >= 15 is 0 Å². The van der Waals surface area contributed by atoms with Crippen LogP contribution in [0.3, 0.4) is 0 Å². The van der Waals surface area contributed by atoms with E-state index in [0.29, 0.717) is 63.5 Å². The summed E-state index contributed by atoms with van der Waals surface area (Å²) in [5.74, 6) is 0. The van der Waals surface area contributed by atoms with E-state index in [0.717, 1.165) is 34.6 Å². The molecule has 6 aromatic rings. The Morgan fingerprint density at radius 3 is 1.12 bits per heavy atom. The summed E-state index contributed by atoms with van der Waals surface area (Å²) in [5, 5.41) is 20.9. The fourth-order valence-corrected chi connectivity index (χ4v) is 11.0. The number of hydrogen-bond acceptors (Lipinski definition) is 10. The van der Waals surface area contributed by atoms with Crippen LogP contribution in [0.5, 0.6) is 0 Å². The van der Waals surface area contributed by atoms with Gasteiger partial charge in [-0.2, -0.15) is 26.3 Å². The molecule has 2 saturated heterocycles. The van der Waals surface area contributed by atoms with Crippen molar-refractivity contribution in [1.82, 2.24) is 9.80 Å². The van der Waals surface area contributed by atoms with Crippen LogP contribution >= 0.6 is 0 Å². The Morgan fingerprint density at radius 2 is 0.811 bits per heavy atom. The van der Waals surface area contributed by atoms with E-state index in [2.05, 4.69) is 19.6 Å². The van der Waals surface area contributed by atoms with Crippen molar-refractivity contribution in [3.05, 3.63) is 190 Å². The van der Waals surface area contributed by atoms with Crippen LogP contribution in [0.25, 0.3) is 0 Å². The molecule has 0 amide bonds.